The summed E-state index contributed by atoms with van der Waals surface area (Å²) in [4.78, 5) is 5.56. The Kier molecular flexibility index (Phi) is 10.4. The van der Waals surface area contributed by atoms with Crippen LogP contribution in [0.2, 0.25) is 0 Å². The maximum atomic E-state index is 5.25. The summed E-state index contributed by atoms with van der Waals surface area (Å²) in [6.07, 6.45) is 0. The molecule has 0 heterocycles. The van der Waals surface area contributed by atoms with E-state index in [-0.39, 0.29) is 24.0 Å². The Balaban J connectivity index is 0.00000312. The minimum absolute atomic E-state index is 0. The van der Waals surface area contributed by atoms with Crippen LogP contribution in [0.3, 0.4) is 0 Å². The van der Waals surface area contributed by atoms with Crippen LogP contribution >= 0.6 is 35.7 Å². The standard InChI is InChI=1S/C19H25N3OS.HI/c1-15(24-18-10-5-4-6-11-18)13-21-19(20-2)22-14-16-8-7-9-17(12-16)23-3;/h4-12,15H,13-14H2,1-3H3,(H2,20,21,22);1H. The summed E-state index contributed by atoms with van der Waals surface area (Å²) in [6, 6.07) is 18.5. The summed E-state index contributed by atoms with van der Waals surface area (Å²) >= 11 is 1.85. The van der Waals surface area contributed by atoms with Crippen molar-refractivity contribution in [2.45, 2.75) is 23.6 Å². The number of ether oxygens (including phenoxy) is 1. The zero-order chi connectivity index (χ0) is 17.2. The Morgan fingerprint density at radius 2 is 1.88 bits per heavy atom. The lowest BCUT2D eigenvalue weighted by Gasteiger charge is -2.16. The van der Waals surface area contributed by atoms with Gasteiger partial charge >= 0.3 is 0 Å². The summed E-state index contributed by atoms with van der Waals surface area (Å²) in [7, 11) is 3.47. The molecule has 0 saturated heterocycles. The fourth-order valence-corrected chi connectivity index (χ4v) is 3.15. The SMILES string of the molecule is CN=C(NCc1cccc(OC)c1)NCC(C)Sc1ccccc1.I. The zero-order valence-electron chi connectivity index (χ0n) is 14.9. The van der Waals surface area contributed by atoms with Crippen LogP contribution in [-0.4, -0.2) is 31.9 Å². The van der Waals surface area contributed by atoms with Crippen molar-refractivity contribution in [3.8, 4) is 5.75 Å². The first-order valence-corrected chi connectivity index (χ1v) is 8.88. The van der Waals surface area contributed by atoms with Crippen molar-refractivity contribution in [1.82, 2.24) is 10.6 Å². The van der Waals surface area contributed by atoms with Crippen LogP contribution < -0.4 is 15.4 Å². The van der Waals surface area contributed by atoms with E-state index in [1.54, 1.807) is 14.2 Å². The topological polar surface area (TPSA) is 45.7 Å². The lowest BCUT2D eigenvalue weighted by Crippen LogP contribution is -2.39. The molecule has 6 heteroatoms. The molecule has 0 fully saturated rings. The Morgan fingerprint density at radius 3 is 2.56 bits per heavy atom. The predicted molar refractivity (Wildman–Crippen MR) is 118 cm³/mol. The molecule has 0 aliphatic heterocycles. The van der Waals surface area contributed by atoms with E-state index in [2.05, 4.69) is 52.9 Å². The van der Waals surface area contributed by atoms with E-state index >= 15 is 0 Å². The van der Waals surface area contributed by atoms with E-state index < -0.39 is 0 Å². The molecule has 2 aromatic rings. The molecule has 4 nitrogen and oxygen atoms in total. The third kappa shape index (κ3) is 8.00. The number of guanidine groups is 1. The molecular formula is C19H26IN3OS. The molecule has 0 spiro atoms. The van der Waals surface area contributed by atoms with Crippen LogP contribution in [0.4, 0.5) is 0 Å². The van der Waals surface area contributed by atoms with Gasteiger partial charge in [-0.05, 0) is 29.8 Å². The average Bonchev–Trinajstić information content (AvgIpc) is 2.63. The first kappa shape index (κ1) is 21.6. The second-order valence-corrected chi connectivity index (χ2v) is 6.91. The lowest BCUT2D eigenvalue weighted by molar-refractivity contribution is 0.414. The molecule has 1 atom stereocenters. The number of hydrogen-bond acceptors (Lipinski definition) is 3. The van der Waals surface area contributed by atoms with E-state index in [0.29, 0.717) is 11.8 Å². The molecule has 1 unspecified atom stereocenters. The fraction of sp³-hybridized carbons (Fsp3) is 0.316. The van der Waals surface area contributed by atoms with E-state index in [1.165, 1.54) is 4.90 Å². The second-order valence-electron chi connectivity index (χ2n) is 5.40. The van der Waals surface area contributed by atoms with Crippen molar-refractivity contribution in [3.63, 3.8) is 0 Å². The Labute approximate surface area is 171 Å². The minimum Gasteiger partial charge on any atom is -0.497 e. The zero-order valence-corrected chi connectivity index (χ0v) is 18.0. The van der Waals surface area contributed by atoms with Gasteiger partial charge in [-0.2, -0.15) is 0 Å². The summed E-state index contributed by atoms with van der Waals surface area (Å²) in [5.74, 6) is 1.67. The van der Waals surface area contributed by atoms with E-state index in [1.807, 2.05) is 36.0 Å². The van der Waals surface area contributed by atoms with Crippen LogP contribution in [0.25, 0.3) is 0 Å². The molecule has 2 rings (SSSR count). The van der Waals surface area contributed by atoms with Crippen molar-refractivity contribution in [2.24, 2.45) is 4.99 Å². The van der Waals surface area contributed by atoms with Crippen molar-refractivity contribution in [1.29, 1.82) is 0 Å². The van der Waals surface area contributed by atoms with Crippen LogP contribution in [0, 0.1) is 0 Å². The molecule has 0 amide bonds. The molecule has 2 aromatic carbocycles. The highest BCUT2D eigenvalue weighted by atomic mass is 127. The second kappa shape index (κ2) is 12.0. The third-order valence-electron chi connectivity index (χ3n) is 3.46. The van der Waals surface area contributed by atoms with Gasteiger partial charge in [0.25, 0.3) is 0 Å². The van der Waals surface area contributed by atoms with Crippen LogP contribution in [-0.2, 0) is 6.54 Å². The number of aliphatic imine (C=N–C) groups is 1. The number of thioether (sulfide) groups is 1. The van der Waals surface area contributed by atoms with Gasteiger partial charge in [0.15, 0.2) is 5.96 Å². The lowest BCUT2D eigenvalue weighted by atomic mass is 10.2. The van der Waals surface area contributed by atoms with Crippen LogP contribution in [0.15, 0.2) is 64.5 Å². The van der Waals surface area contributed by atoms with Gasteiger partial charge in [-0.1, -0.05) is 37.3 Å². The van der Waals surface area contributed by atoms with Crippen molar-refractivity contribution in [3.05, 3.63) is 60.2 Å². The molecule has 0 radical (unpaired) electrons. The molecule has 25 heavy (non-hydrogen) atoms. The van der Waals surface area contributed by atoms with Crippen molar-refractivity contribution in [2.75, 3.05) is 20.7 Å². The highest BCUT2D eigenvalue weighted by Gasteiger charge is 2.06. The maximum absolute atomic E-state index is 5.25. The highest BCUT2D eigenvalue weighted by molar-refractivity contribution is 14.0. The number of halogens is 1. The summed E-state index contributed by atoms with van der Waals surface area (Å²) in [6.45, 7) is 3.76. The molecular weight excluding hydrogens is 445 g/mol. The van der Waals surface area contributed by atoms with E-state index in [9.17, 15) is 0 Å². The summed E-state index contributed by atoms with van der Waals surface area (Å²) in [5, 5.41) is 7.15. The number of rotatable bonds is 7. The average molecular weight is 471 g/mol. The number of nitrogens with zero attached hydrogens (tertiary/aromatic N) is 1. The quantitative estimate of drug-likeness (QED) is 0.276. The normalized spacial score (nSPS) is 12.0. The monoisotopic (exact) mass is 471 g/mol. The van der Waals surface area contributed by atoms with Gasteiger partial charge in [0.1, 0.15) is 5.75 Å². The van der Waals surface area contributed by atoms with Gasteiger partial charge in [0, 0.05) is 30.3 Å². The minimum atomic E-state index is 0. The Morgan fingerprint density at radius 1 is 1.12 bits per heavy atom. The van der Waals surface area contributed by atoms with E-state index in [4.69, 9.17) is 4.74 Å². The van der Waals surface area contributed by atoms with Crippen molar-refractivity contribution < 1.29 is 4.74 Å². The summed E-state index contributed by atoms with van der Waals surface area (Å²) < 4.78 is 5.25. The van der Waals surface area contributed by atoms with Gasteiger partial charge in [-0.3, -0.25) is 4.99 Å². The van der Waals surface area contributed by atoms with Gasteiger partial charge in [-0.15, -0.1) is 35.7 Å². The first-order valence-electron chi connectivity index (χ1n) is 8.00. The molecule has 0 aliphatic rings. The predicted octanol–water partition coefficient (Wildman–Crippen LogP) is 4.16. The maximum Gasteiger partial charge on any atom is 0.191 e. The smallest absolute Gasteiger partial charge is 0.191 e. The Hall–Kier alpha value is -1.41. The number of benzene rings is 2. The number of methoxy groups -OCH3 is 1. The van der Waals surface area contributed by atoms with Gasteiger partial charge < -0.3 is 15.4 Å². The third-order valence-corrected chi connectivity index (χ3v) is 4.57. The largest absolute Gasteiger partial charge is 0.497 e. The van der Waals surface area contributed by atoms with Gasteiger partial charge in [-0.25, -0.2) is 0 Å². The number of nitrogens with one attached hydrogen (secondary N) is 2. The Bertz CT molecular complexity index is 652. The van der Waals surface area contributed by atoms with Crippen LogP contribution in [0.1, 0.15) is 12.5 Å². The molecule has 2 N–H and O–H groups in total. The van der Waals surface area contributed by atoms with Gasteiger partial charge in [0.2, 0.25) is 0 Å². The van der Waals surface area contributed by atoms with E-state index in [0.717, 1.165) is 23.8 Å². The van der Waals surface area contributed by atoms with Gasteiger partial charge in [0.05, 0.1) is 7.11 Å². The first-order chi connectivity index (χ1) is 11.7. The molecule has 0 aliphatic carbocycles. The molecule has 0 aromatic heterocycles. The fourth-order valence-electron chi connectivity index (χ4n) is 2.20. The highest BCUT2D eigenvalue weighted by Crippen LogP contribution is 2.21. The number of hydrogen-bond donors (Lipinski definition) is 2. The molecule has 136 valence electrons. The molecule has 0 bridgehead atoms. The van der Waals surface area contributed by atoms with Crippen LogP contribution in [0.5, 0.6) is 5.75 Å². The van der Waals surface area contributed by atoms with Crippen molar-refractivity contribution >= 4 is 41.7 Å². The summed E-state index contributed by atoms with van der Waals surface area (Å²) in [5.41, 5.74) is 1.16. The molecule has 0 saturated carbocycles.